The zero-order valence-corrected chi connectivity index (χ0v) is 19.1. The van der Waals surface area contributed by atoms with Crippen molar-refractivity contribution < 1.29 is 31.8 Å². The first-order chi connectivity index (χ1) is 15.6. The Kier molecular flexibility index (Phi) is 6.00. The van der Waals surface area contributed by atoms with E-state index in [0.717, 1.165) is 35.4 Å². The van der Waals surface area contributed by atoms with Crippen molar-refractivity contribution in [3.05, 3.63) is 76.8 Å². The van der Waals surface area contributed by atoms with E-state index in [2.05, 4.69) is 4.74 Å². The van der Waals surface area contributed by atoms with Crippen molar-refractivity contribution in [1.29, 1.82) is 0 Å². The van der Waals surface area contributed by atoms with Gasteiger partial charge < -0.3 is 9.84 Å². The number of methoxy groups -OCH3 is 1. The largest absolute Gasteiger partial charge is 0.505 e. The SMILES string of the molecule is COC(=O)c1cc(Cl)c(O)c(S(=O)(=O)Nc2cc(-c3cc4ccccc4s3)c(F)cc2F)c1. The Labute approximate surface area is 196 Å². The van der Waals surface area contributed by atoms with E-state index in [1.54, 1.807) is 6.07 Å². The maximum Gasteiger partial charge on any atom is 0.337 e. The van der Waals surface area contributed by atoms with Gasteiger partial charge in [-0.25, -0.2) is 22.0 Å². The van der Waals surface area contributed by atoms with Gasteiger partial charge >= 0.3 is 5.97 Å². The van der Waals surface area contributed by atoms with E-state index >= 15 is 0 Å². The van der Waals surface area contributed by atoms with Gasteiger partial charge in [0.05, 0.1) is 23.4 Å². The third kappa shape index (κ3) is 4.37. The van der Waals surface area contributed by atoms with Crippen molar-refractivity contribution in [3.63, 3.8) is 0 Å². The van der Waals surface area contributed by atoms with E-state index in [4.69, 9.17) is 11.6 Å². The average Bonchev–Trinajstić information content (AvgIpc) is 3.20. The van der Waals surface area contributed by atoms with E-state index in [1.807, 2.05) is 29.0 Å². The fourth-order valence-corrected chi connectivity index (χ4v) is 5.70. The molecular weight excluding hydrogens is 496 g/mol. The maximum atomic E-state index is 14.6. The Balaban J connectivity index is 1.78. The molecule has 3 aromatic carbocycles. The van der Waals surface area contributed by atoms with Crippen LogP contribution in [0.4, 0.5) is 14.5 Å². The Bertz CT molecular complexity index is 1490. The van der Waals surface area contributed by atoms with Crippen molar-refractivity contribution in [2.24, 2.45) is 0 Å². The number of benzene rings is 3. The molecule has 0 saturated carbocycles. The number of sulfonamides is 1. The second-order valence-corrected chi connectivity index (χ2v) is 10.0. The van der Waals surface area contributed by atoms with E-state index in [9.17, 15) is 27.1 Å². The summed E-state index contributed by atoms with van der Waals surface area (Å²) < 4.78 is 62.3. The van der Waals surface area contributed by atoms with Gasteiger partial charge in [-0.2, -0.15) is 0 Å². The number of phenols is 1. The number of aromatic hydroxyl groups is 1. The maximum absolute atomic E-state index is 14.6. The number of fused-ring (bicyclic) bond motifs is 1. The van der Waals surface area contributed by atoms with Crippen LogP contribution in [-0.2, 0) is 14.8 Å². The van der Waals surface area contributed by atoms with Gasteiger partial charge in [-0.3, -0.25) is 4.72 Å². The van der Waals surface area contributed by atoms with Crippen molar-refractivity contribution in [3.8, 4) is 16.2 Å². The summed E-state index contributed by atoms with van der Waals surface area (Å²) >= 11 is 7.11. The zero-order valence-electron chi connectivity index (χ0n) is 16.7. The highest BCUT2D eigenvalue weighted by Gasteiger charge is 2.26. The van der Waals surface area contributed by atoms with E-state index in [0.29, 0.717) is 10.9 Å². The molecule has 0 saturated heterocycles. The number of ether oxygens (including phenoxy) is 1. The Hall–Kier alpha value is -3.21. The summed E-state index contributed by atoms with van der Waals surface area (Å²) in [4.78, 5) is 11.5. The molecule has 4 rings (SSSR count). The minimum atomic E-state index is -4.64. The number of carbonyl (C=O) groups is 1. The molecule has 0 unspecified atom stereocenters. The summed E-state index contributed by atoms with van der Waals surface area (Å²) in [5.41, 5.74) is -0.810. The van der Waals surface area contributed by atoms with E-state index < -0.39 is 49.0 Å². The number of anilines is 1. The molecule has 0 aliphatic rings. The smallest absolute Gasteiger partial charge is 0.337 e. The van der Waals surface area contributed by atoms with Gasteiger partial charge in [-0.15, -0.1) is 11.3 Å². The molecule has 11 heteroatoms. The van der Waals surface area contributed by atoms with E-state index in [1.165, 1.54) is 11.3 Å². The Morgan fingerprint density at radius 1 is 1.09 bits per heavy atom. The highest BCUT2D eigenvalue weighted by atomic mass is 35.5. The lowest BCUT2D eigenvalue weighted by Gasteiger charge is -2.13. The Morgan fingerprint density at radius 3 is 2.52 bits per heavy atom. The van der Waals surface area contributed by atoms with Crippen LogP contribution in [0.25, 0.3) is 20.5 Å². The van der Waals surface area contributed by atoms with Crippen LogP contribution < -0.4 is 4.72 Å². The first kappa shape index (κ1) is 23.0. The fourth-order valence-electron chi connectivity index (χ4n) is 3.14. The molecule has 0 atom stereocenters. The van der Waals surface area contributed by atoms with Crippen molar-refractivity contribution in [1.82, 2.24) is 0 Å². The number of nitrogens with one attached hydrogen (secondary N) is 1. The first-order valence-corrected chi connectivity index (χ1v) is 11.9. The van der Waals surface area contributed by atoms with Gasteiger partial charge in [0.25, 0.3) is 10.0 Å². The first-order valence-electron chi connectivity index (χ1n) is 9.22. The second-order valence-electron chi connectivity index (χ2n) is 6.86. The molecular formula is C22H14ClF2NO5S2. The molecule has 0 aliphatic carbocycles. The fraction of sp³-hybridized carbons (Fsp3) is 0.0455. The van der Waals surface area contributed by atoms with Crippen LogP contribution >= 0.6 is 22.9 Å². The van der Waals surface area contributed by atoms with Crippen LogP contribution in [0.1, 0.15) is 10.4 Å². The molecule has 170 valence electrons. The van der Waals surface area contributed by atoms with Crippen LogP contribution in [0.15, 0.2) is 59.5 Å². The lowest BCUT2D eigenvalue weighted by molar-refractivity contribution is 0.0600. The number of rotatable bonds is 5. The quantitative estimate of drug-likeness (QED) is 0.332. The summed E-state index contributed by atoms with van der Waals surface area (Å²) in [5, 5.41) is 10.6. The minimum Gasteiger partial charge on any atom is -0.505 e. The molecule has 0 spiro atoms. The molecule has 1 heterocycles. The topological polar surface area (TPSA) is 92.7 Å². The number of halogens is 3. The van der Waals surface area contributed by atoms with Crippen LogP contribution in [0.5, 0.6) is 5.75 Å². The molecule has 0 aliphatic heterocycles. The number of phenolic OH excluding ortho intramolecular Hbond substituents is 1. The molecule has 1 aromatic heterocycles. The zero-order chi connectivity index (χ0) is 23.9. The highest BCUT2D eigenvalue weighted by molar-refractivity contribution is 7.92. The summed E-state index contributed by atoms with van der Waals surface area (Å²) in [7, 11) is -3.56. The third-order valence-corrected chi connectivity index (χ3v) is 7.55. The summed E-state index contributed by atoms with van der Waals surface area (Å²) in [5.74, 6) is -3.78. The number of thiophene rings is 1. The number of hydrogen-bond acceptors (Lipinski definition) is 6. The Morgan fingerprint density at radius 2 is 1.82 bits per heavy atom. The number of hydrogen-bond donors (Lipinski definition) is 2. The molecule has 0 amide bonds. The van der Waals surface area contributed by atoms with Crippen LogP contribution in [-0.4, -0.2) is 26.6 Å². The van der Waals surface area contributed by atoms with Crippen molar-refractivity contribution in [2.75, 3.05) is 11.8 Å². The second kappa shape index (κ2) is 8.62. The molecule has 6 nitrogen and oxygen atoms in total. The van der Waals surface area contributed by atoms with Gasteiger partial charge in [0.15, 0.2) is 5.75 Å². The monoisotopic (exact) mass is 509 g/mol. The van der Waals surface area contributed by atoms with Gasteiger partial charge in [0, 0.05) is 21.2 Å². The predicted molar refractivity (Wildman–Crippen MR) is 122 cm³/mol. The van der Waals surface area contributed by atoms with Crippen LogP contribution in [0, 0.1) is 11.6 Å². The highest BCUT2D eigenvalue weighted by Crippen LogP contribution is 2.38. The third-order valence-electron chi connectivity index (χ3n) is 4.73. The number of carbonyl (C=O) groups excluding carboxylic acids is 1. The lowest BCUT2D eigenvalue weighted by atomic mass is 10.1. The van der Waals surface area contributed by atoms with Crippen LogP contribution in [0.2, 0.25) is 5.02 Å². The standard InChI is InChI=1S/C22H14ClF2NO5S2/c1-31-22(28)12-6-14(23)21(27)20(8-12)33(29,30)26-17-9-13(15(24)10-16(17)25)19-7-11-4-2-3-5-18(11)32-19/h2-10,26-27H,1H3. The average molecular weight is 510 g/mol. The van der Waals surface area contributed by atoms with Gasteiger partial charge in [0.2, 0.25) is 0 Å². The van der Waals surface area contributed by atoms with Crippen molar-refractivity contribution in [2.45, 2.75) is 4.90 Å². The van der Waals surface area contributed by atoms with Gasteiger partial charge in [-0.05, 0) is 35.7 Å². The summed E-state index contributed by atoms with van der Waals surface area (Å²) in [6, 6.07) is 12.5. The lowest BCUT2D eigenvalue weighted by Crippen LogP contribution is -2.16. The minimum absolute atomic E-state index is 0.0131. The predicted octanol–water partition coefficient (Wildman–Crippen LogP) is 5.79. The molecule has 2 N–H and O–H groups in total. The molecule has 0 fully saturated rings. The molecule has 0 bridgehead atoms. The van der Waals surface area contributed by atoms with E-state index in [-0.39, 0.29) is 11.1 Å². The molecule has 33 heavy (non-hydrogen) atoms. The summed E-state index contributed by atoms with van der Waals surface area (Å²) in [6.45, 7) is 0. The molecule has 4 aromatic rings. The van der Waals surface area contributed by atoms with Crippen molar-refractivity contribution >= 4 is 54.7 Å². The number of esters is 1. The van der Waals surface area contributed by atoms with Gasteiger partial charge in [-0.1, -0.05) is 29.8 Å². The van der Waals surface area contributed by atoms with Crippen LogP contribution in [0.3, 0.4) is 0 Å². The molecule has 0 radical (unpaired) electrons. The normalized spacial score (nSPS) is 11.5. The van der Waals surface area contributed by atoms with Gasteiger partial charge in [0.1, 0.15) is 16.5 Å². The summed E-state index contributed by atoms with van der Waals surface area (Å²) in [6.07, 6.45) is 0.